The van der Waals surface area contributed by atoms with Crippen molar-refractivity contribution in [2.45, 2.75) is 218 Å². The summed E-state index contributed by atoms with van der Waals surface area (Å²) in [5, 5.41) is 30.9. The summed E-state index contributed by atoms with van der Waals surface area (Å²) < 4.78 is 54.0. The molecule has 0 bridgehead atoms. The van der Waals surface area contributed by atoms with Gasteiger partial charge in [0, 0.05) is 12.8 Å². The molecule has 1 aliphatic heterocycles. The number of aliphatic hydroxyl groups is 3. The van der Waals surface area contributed by atoms with Gasteiger partial charge in [0.2, 0.25) is 0 Å². The van der Waals surface area contributed by atoms with Gasteiger partial charge in [0.1, 0.15) is 36.8 Å². The Hall–Kier alpha value is -2.39. The van der Waals surface area contributed by atoms with E-state index in [4.69, 9.17) is 18.9 Å². The van der Waals surface area contributed by atoms with E-state index in [1.165, 1.54) is 103 Å². The first-order valence-corrected chi connectivity index (χ1v) is 24.8. The van der Waals surface area contributed by atoms with Crippen molar-refractivity contribution < 1.29 is 56.8 Å². The van der Waals surface area contributed by atoms with E-state index in [1.807, 2.05) is 18.2 Å². The van der Waals surface area contributed by atoms with E-state index in [9.17, 15) is 37.9 Å². The fraction of sp³-hybridized carbons (Fsp3) is 0.787. The van der Waals surface area contributed by atoms with Crippen LogP contribution in [0.5, 0.6) is 0 Å². The van der Waals surface area contributed by atoms with Crippen LogP contribution in [0.15, 0.2) is 48.6 Å². The molecule has 13 heteroatoms. The van der Waals surface area contributed by atoms with Gasteiger partial charge in [0.05, 0.1) is 6.61 Å². The molecule has 1 fully saturated rings. The third-order valence-electron chi connectivity index (χ3n) is 10.4. The summed E-state index contributed by atoms with van der Waals surface area (Å²) in [6.07, 6.45) is 34.6. The van der Waals surface area contributed by atoms with E-state index < -0.39 is 71.2 Å². The molecule has 60 heavy (non-hydrogen) atoms. The standard InChI is InChI=1S/C47H82O12S/c1-3-5-7-9-11-13-15-17-19-20-22-24-26-28-30-32-34-36-43(49)58-40(38-57-47-46(52)45(51)44(50)41(59-47)39-60(53,54)55)37-56-42(48)35-33-31-29-27-25-23-21-18-16-14-12-10-8-6-4-2/h17,19,22,24,28-31,40-41,44-47,50-52H,3-16,18,20-21,23,25-27,32-39H2,1-2H3,(H,53,54,55)/b19-17+,24-22+,30-28+,31-29+/t40-,41-,44-,45?,46?,47+/m1/s1. The minimum Gasteiger partial charge on any atom is -0.462 e. The molecule has 0 radical (unpaired) electrons. The molecule has 1 saturated heterocycles. The van der Waals surface area contributed by atoms with Crippen LogP contribution in [0.3, 0.4) is 0 Å². The maximum Gasteiger partial charge on any atom is 0.306 e. The van der Waals surface area contributed by atoms with Gasteiger partial charge in [-0.15, -0.1) is 0 Å². The first-order chi connectivity index (χ1) is 29.0. The molecule has 0 spiro atoms. The van der Waals surface area contributed by atoms with Crippen LogP contribution in [0.1, 0.15) is 181 Å². The highest BCUT2D eigenvalue weighted by atomic mass is 32.2. The number of allylic oxidation sites excluding steroid dienone is 8. The summed E-state index contributed by atoms with van der Waals surface area (Å²) in [7, 11) is -4.61. The lowest BCUT2D eigenvalue weighted by Gasteiger charge is -2.40. The molecule has 348 valence electrons. The van der Waals surface area contributed by atoms with E-state index >= 15 is 0 Å². The van der Waals surface area contributed by atoms with Crippen molar-refractivity contribution in [1.82, 2.24) is 0 Å². The number of carbonyl (C=O) groups is 2. The number of carbonyl (C=O) groups excluding carboxylic acids is 2. The van der Waals surface area contributed by atoms with Crippen LogP contribution in [0.2, 0.25) is 0 Å². The molecule has 0 aromatic rings. The van der Waals surface area contributed by atoms with Crippen molar-refractivity contribution in [3.8, 4) is 0 Å². The molecule has 12 nitrogen and oxygen atoms in total. The van der Waals surface area contributed by atoms with E-state index in [-0.39, 0.29) is 19.4 Å². The average molecular weight is 871 g/mol. The topological polar surface area (TPSA) is 186 Å². The second kappa shape index (κ2) is 37.2. The highest BCUT2D eigenvalue weighted by molar-refractivity contribution is 7.85. The van der Waals surface area contributed by atoms with Gasteiger partial charge in [0.25, 0.3) is 10.1 Å². The Bertz CT molecular complexity index is 1300. The van der Waals surface area contributed by atoms with E-state index in [1.54, 1.807) is 0 Å². The van der Waals surface area contributed by atoms with Gasteiger partial charge >= 0.3 is 11.9 Å². The van der Waals surface area contributed by atoms with Crippen molar-refractivity contribution in [1.29, 1.82) is 0 Å². The maximum atomic E-state index is 12.8. The number of unbranched alkanes of at least 4 members (excludes halogenated alkanes) is 18. The van der Waals surface area contributed by atoms with E-state index in [0.29, 0.717) is 19.3 Å². The summed E-state index contributed by atoms with van der Waals surface area (Å²) in [6, 6.07) is 0. The quantitative estimate of drug-likeness (QED) is 0.0200. The molecular weight excluding hydrogens is 789 g/mol. The van der Waals surface area contributed by atoms with Crippen LogP contribution in [-0.4, -0.2) is 96.0 Å². The van der Waals surface area contributed by atoms with Crippen molar-refractivity contribution >= 4 is 22.1 Å². The Labute approximate surface area is 363 Å². The first-order valence-electron chi connectivity index (χ1n) is 23.2. The van der Waals surface area contributed by atoms with Crippen LogP contribution in [-0.2, 0) is 38.7 Å². The minimum atomic E-state index is -4.61. The predicted molar refractivity (Wildman–Crippen MR) is 238 cm³/mol. The number of rotatable bonds is 38. The lowest BCUT2D eigenvalue weighted by molar-refractivity contribution is -0.297. The Balaban J connectivity index is 2.50. The first kappa shape index (κ1) is 55.6. The van der Waals surface area contributed by atoms with Gasteiger partial charge in [-0.1, -0.05) is 159 Å². The zero-order valence-corrected chi connectivity index (χ0v) is 37.9. The second-order valence-electron chi connectivity index (χ2n) is 16.1. The van der Waals surface area contributed by atoms with Crippen LogP contribution in [0, 0.1) is 0 Å². The minimum absolute atomic E-state index is 0.0852. The highest BCUT2D eigenvalue weighted by Crippen LogP contribution is 2.24. The van der Waals surface area contributed by atoms with Crippen molar-refractivity contribution in [3.63, 3.8) is 0 Å². The molecular formula is C47H82O12S. The Morgan fingerprint density at radius 3 is 1.57 bits per heavy atom. The Kier molecular flexibility index (Phi) is 34.5. The van der Waals surface area contributed by atoms with Gasteiger partial charge in [-0.3, -0.25) is 14.1 Å². The van der Waals surface area contributed by atoms with Gasteiger partial charge in [-0.25, -0.2) is 0 Å². The molecule has 0 saturated carbocycles. The third kappa shape index (κ3) is 31.5. The van der Waals surface area contributed by atoms with E-state index in [0.717, 1.165) is 32.1 Å². The molecule has 1 rings (SSSR count). The van der Waals surface area contributed by atoms with Gasteiger partial charge < -0.3 is 34.3 Å². The van der Waals surface area contributed by atoms with Crippen LogP contribution in [0.25, 0.3) is 0 Å². The normalized spacial score (nSPS) is 20.5. The molecule has 1 heterocycles. The molecule has 4 N–H and O–H groups in total. The number of aliphatic hydroxyl groups excluding tert-OH is 3. The lowest BCUT2D eigenvalue weighted by atomic mass is 10.00. The number of esters is 2. The maximum absolute atomic E-state index is 12.8. The number of hydrogen-bond donors (Lipinski definition) is 4. The van der Waals surface area contributed by atoms with Crippen LogP contribution in [0.4, 0.5) is 0 Å². The summed E-state index contributed by atoms with van der Waals surface area (Å²) in [5.74, 6) is -2.11. The monoisotopic (exact) mass is 871 g/mol. The molecule has 0 amide bonds. The molecule has 0 aliphatic carbocycles. The van der Waals surface area contributed by atoms with Crippen molar-refractivity contribution in [2.75, 3.05) is 19.0 Å². The summed E-state index contributed by atoms with van der Waals surface area (Å²) in [5.41, 5.74) is 0. The largest absolute Gasteiger partial charge is 0.462 e. The predicted octanol–water partition coefficient (Wildman–Crippen LogP) is 9.56. The lowest BCUT2D eigenvalue weighted by Crippen LogP contribution is -2.60. The summed E-state index contributed by atoms with van der Waals surface area (Å²) in [4.78, 5) is 25.4. The van der Waals surface area contributed by atoms with Gasteiger partial charge in [0.15, 0.2) is 12.4 Å². The van der Waals surface area contributed by atoms with Gasteiger partial charge in [-0.2, -0.15) is 8.42 Å². The average Bonchev–Trinajstić information content (AvgIpc) is 3.21. The molecule has 1 aliphatic rings. The molecule has 2 unspecified atom stereocenters. The molecule has 0 aromatic carbocycles. The number of hydrogen-bond acceptors (Lipinski definition) is 11. The molecule has 0 aromatic heterocycles. The fourth-order valence-corrected chi connectivity index (χ4v) is 7.46. The van der Waals surface area contributed by atoms with E-state index in [2.05, 4.69) is 44.2 Å². The zero-order chi connectivity index (χ0) is 44.1. The third-order valence-corrected chi connectivity index (χ3v) is 11.1. The summed E-state index contributed by atoms with van der Waals surface area (Å²) in [6.45, 7) is 3.68. The smallest absolute Gasteiger partial charge is 0.306 e. The Morgan fingerprint density at radius 1 is 0.567 bits per heavy atom. The SMILES string of the molecule is CCCCCCCC/C=C/C/C=C/C/C=C/CCCC(=O)O[C@H](COC(=O)CC/C=C/CCCCCCCCCCCCC)CO[C@H]1O[C@H](CS(=O)(=O)O)[C@@H](O)C(O)C1O. The fourth-order valence-electron chi connectivity index (χ4n) is 6.77. The van der Waals surface area contributed by atoms with Gasteiger partial charge in [-0.05, 0) is 57.8 Å². The zero-order valence-electron chi connectivity index (χ0n) is 37.1. The molecule has 6 atom stereocenters. The Morgan fingerprint density at radius 2 is 1.03 bits per heavy atom. The van der Waals surface area contributed by atoms with Crippen molar-refractivity contribution in [2.24, 2.45) is 0 Å². The van der Waals surface area contributed by atoms with Crippen molar-refractivity contribution in [3.05, 3.63) is 48.6 Å². The number of ether oxygens (including phenoxy) is 4. The van der Waals surface area contributed by atoms with Crippen LogP contribution >= 0.6 is 0 Å². The highest BCUT2D eigenvalue weighted by Gasteiger charge is 2.46. The summed E-state index contributed by atoms with van der Waals surface area (Å²) >= 11 is 0. The van der Waals surface area contributed by atoms with Crippen LogP contribution < -0.4 is 0 Å². The second-order valence-corrected chi connectivity index (χ2v) is 17.6.